The van der Waals surface area contributed by atoms with E-state index in [9.17, 15) is 0 Å². The van der Waals surface area contributed by atoms with Crippen LogP contribution in [0.2, 0.25) is 0 Å². The van der Waals surface area contributed by atoms with Gasteiger partial charge in [-0.3, -0.25) is 0 Å². The monoisotopic (exact) mass is 350 g/mol. The first-order chi connectivity index (χ1) is 8.24. The second-order valence-corrected chi connectivity index (χ2v) is 5.49. The van der Waals surface area contributed by atoms with Gasteiger partial charge in [0.15, 0.2) is 0 Å². The highest BCUT2D eigenvalue weighted by Gasteiger charge is 2.08. The van der Waals surface area contributed by atoms with Crippen molar-refractivity contribution in [3.63, 3.8) is 0 Å². The van der Waals surface area contributed by atoms with E-state index in [1.807, 2.05) is 47.1 Å². The molecule has 0 aliphatic heterocycles. The van der Waals surface area contributed by atoms with Crippen molar-refractivity contribution in [3.8, 4) is 11.3 Å². The highest BCUT2D eigenvalue weighted by Crippen LogP contribution is 2.30. The molecule has 1 aromatic carbocycles. The van der Waals surface area contributed by atoms with Crippen molar-refractivity contribution in [2.45, 2.75) is 0 Å². The Morgan fingerprint density at radius 2 is 1.94 bits per heavy atom. The van der Waals surface area contributed by atoms with Crippen molar-refractivity contribution in [3.05, 3.63) is 57.7 Å². The fourth-order valence-corrected chi connectivity index (χ4v) is 2.57. The molecule has 0 saturated carbocycles. The lowest BCUT2D eigenvalue weighted by Crippen LogP contribution is -1.79. The summed E-state index contributed by atoms with van der Waals surface area (Å²) in [5.41, 5.74) is 3.00. The number of imidazole rings is 1. The fraction of sp³-hybridized carbons (Fsp3) is 0. The highest BCUT2D eigenvalue weighted by molar-refractivity contribution is 9.11. The number of hydrogen-bond donors (Lipinski definition) is 0. The van der Waals surface area contributed by atoms with E-state index in [0.29, 0.717) is 0 Å². The van der Waals surface area contributed by atoms with Gasteiger partial charge in [0.05, 0.1) is 5.69 Å². The number of benzene rings is 1. The van der Waals surface area contributed by atoms with Gasteiger partial charge >= 0.3 is 0 Å². The third kappa shape index (κ3) is 2.03. The summed E-state index contributed by atoms with van der Waals surface area (Å²) in [5, 5.41) is 0. The van der Waals surface area contributed by atoms with Gasteiger partial charge in [-0.2, -0.15) is 0 Å². The van der Waals surface area contributed by atoms with Crippen LogP contribution in [0.5, 0.6) is 0 Å². The molecule has 0 atom stereocenters. The standard InChI is InChI=1S/C13H8Br2N2/c14-9-4-5-11(15)10(7-9)12-8-17-6-2-1-3-13(17)16-12/h1-8H. The molecule has 0 radical (unpaired) electrons. The van der Waals surface area contributed by atoms with E-state index in [1.165, 1.54) is 0 Å². The van der Waals surface area contributed by atoms with Crippen molar-refractivity contribution >= 4 is 37.5 Å². The Hall–Kier alpha value is -1.13. The molecule has 0 unspecified atom stereocenters. The van der Waals surface area contributed by atoms with E-state index in [4.69, 9.17) is 0 Å². The van der Waals surface area contributed by atoms with Crippen molar-refractivity contribution in [1.82, 2.24) is 9.38 Å². The highest BCUT2D eigenvalue weighted by atomic mass is 79.9. The molecule has 0 spiro atoms. The number of halogens is 2. The summed E-state index contributed by atoms with van der Waals surface area (Å²) in [6.45, 7) is 0. The van der Waals surface area contributed by atoms with Crippen LogP contribution in [0.15, 0.2) is 57.7 Å². The molecule has 0 aliphatic rings. The molecule has 84 valence electrons. The van der Waals surface area contributed by atoms with Gasteiger partial charge in [0.2, 0.25) is 0 Å². The molecule has 0 bridgehead atoms. The van der Waals surface area contributed by atoms with Gasteiger partial charge in [0, 0.05) is 26.9 Å². The van der Waals surface area contributed by atoms with Gasteiger partial charge < -0.3 is 4.40 Å². The number of hydrogen-bond acceptors (Lipinski definition) is 1. The first-order valence-electron chi connectivity index (χ1n) is 5.13. The minimum atomic E-state index is 0.953. The molecule has 0 aliphatic carbocycles. The third-order valence-corrected chi connectivity index (χ3v) is 3.75. The Labute approximate surface area is 116 Å². The maximum atomic E-state index is 4.60. The Kier molecular flexibility index (Phi) is 2.76. The summed E-state index contributed by atoms with van der Waals surface area (Å²) < 4.78 is 4.11. The second kappa shape index (κ2) is 4.27. The van der Waals surface area contributed by atoms with Crippen LogP contribution < -0.4 is 0 Å². The lowest BCUT2D eigenvalue weighted by Gasteiger charge is -2.00. The summed E-state index contributed by atoms with van der Waals surface area (Å²) in [7, 11) is 0. The Morgan fingerprint density at radius 1 is 1.06 bits per heavy atom. The number of rotatable bonds is 1. The van der Waals surface area contributed by atoms with E-state index in [2.05, 4.69) is 42.9 Å². The molecule has 0 N–H and O–H groups in total. The first kappa shape index (κ1) is 11.0. The van der Waals surface area contributed by atoms with Crippen molar-refractivity contribution in [2.75, 3.05) is 0 Å². The van der Waals surface area contributed by atoms with Crippen LogP contribution >= 0.6 is 31.9 Å². The van der Waals surface area contributed by atoms with Crippen LogP contribution in [0.1, 0.15) is 0 Å². The van der Waals surface area contributed by atoms with Crippen LogP contribution in [-0.2, 0) is 0 Å². The molecule has 17 heavy (non-hydrogen) atoms. The van der Waals surface area contributed by atoms with Crippen molar-refractivity contribution < 1.29 is 0 Å². The maximum Gasteiger partial charge on any atom is 0.137 e. The molecule has 0 fully saturated rings. The lowest BCUT2D eigenvalue weighted by atomic mass is 10.2. The smallest absolute Gasteiger partial charge is 0.137 e. The Balaban J connectivity index is 2.23. The summed E-state index contributed by atoms with van der Waals surface area (Å²) in [6, 6.07) is 12.1. The van der Waals surface area contributed by atoms with Gasteiger partial charge in [-0.25, -0.2) is 4.98 Å². The zero-order chi connectivity index (χ0) is 11.8. The second-order valence-electron chi connectivity index (χ2n) is 3.72. The fourth-order valence-electron chi connectivity index (χ4n) is 1.76. The minimum absolute atomic E-state index is 0.953. The molecule has 2 aromatic heterocycles. The molecule has 0 saturated heterocycles. The topological polar surface area (TPSA) is 17.3 Å². The largest absolute Gasteiger partial charge is 0.306 e. The van der Waals surface area contributed by atoms with Crippen molar-refractivity contribution in [2.24, 2.45) is 0 Å². The SMILES string of the molecule is Brc1ccc(Br)c(-c2cn3ccccc3n2)c1. The molecule has 2 heterocycles. The minimum Gasteiger partial charge on any atom is -0.306 e. The van der Waals surface area contributed by atoms with Crippen LogP contribution in [0.4, 0.5) is 0 Å². The molecular weight excluding hydrogens is 344 g/mol. The predicted molar refractivity (Wildman–Crippen MR) is 76.0 cm³/mol. The van der Waals surface area contributed by atoms with Gasteiger partial charge in [0.25, 0.3) is 0 Å². The number of aromatic nitrogens is 2. The number of pyridine rings is 1. The van der Waals surface area contributed by atoms with Gasteiger partial charge in [-0.1, -0.05) is 37.9 Å². The maximum absolute atomic E-state index is 4.60. The summed E-state index contributed by atoms with van der Waals surface area (Å²) in [6.07, 6.45) is 4.03. The van der Waals surface area contributed by atoms with E-state index < -0.39 is 0 Å². The van der Waals surface area contributed by atoms with Gasteiger partial charge in [-0.15, -0.1) is 0 Å². The summed E-state index contributed by atoms with van der Waals surface area (Å²) in [4.78, 5) is 4.60. The summed E-state index contributed by atoms with van der Waals surface area (Å²) in [5.74, 6) is 0. The first-order valence-corrected chi connectivity index (χ1v) is 6.72. The van der Waals surface area contributed by atoms with Crippen molar-refractivity contribution in [1.29, 1.82) is 0 Å². The quantitative estimate of drug-likeness (QED) is 0.629. The molecule has 4 heteroatoms. The molecular formula is C13H8Br2N2. The lowest BCUT2D eigenvalue weighted by molar-refractivity contribution is 1.19. The van der Waals surface area contributed by atoms with E-state index in [-0.39, 0.29) is 0 Å². The Bertz CT molecular complexity index is 656. The average molecular weight is 352 g/mol. The number of nitrogens with zero attached hydrogens (tertiary/aromatic N) is 2. The predicted octanol–water partition coefficient (Wildman–Crippen LogP) is 4.53. The molecule has 2 nitrogen and oxygen atoms in total. The zero-order valence-corrected chi connectivity index (χ0v) is 11.9. The zero-order valence-electron chi connectivity index (χ0n) is 8.77. The molecule has 3 aromatic rings. The van der Waals surface area contributed by atoms with Crippen LogP contribution in [0, 0.1) is 0 Å². The van der Waals surface area contributed by atoms with E-state index >= 15 is 0 Å². The molecule has 0 amide bonds. The van der Waals surface area contributed by atoms with Crippen LogP contribution in [0.25, 0.3) is 16.9 Å². The number of fused-ring (bicyclic) bond motifs is 1. The normalized spacial score (nSPS) is 10.9. The third-order valence-electron chi connectivity index (χ3n) is 2.57. The van der Waals surface area contributed by atoms with Crippen LogP contribution in [0.3, 0.4) is 0 Å². The average Bonchev–Trinajstić information content (AvgIpc) is 2.75. The van der Waals surface area contributed by atoms with E-state index in [1.54, 1.807) is 0 Å². The van der Waals surface area contributed by atoms with E-state index in [0.717, 1.165) is 25.8 Å². The van der Waals surface area contributed by atoms with Gasteiger partial charge in [0.1, 0.15) is 5.65 Å². The van der Waals surface area contributed by atoms with Gasteiger partial charge in [-0.05, 0) is 30.3 Å². The molecule has 3 rings (SSSR count). The Morgan fingerprint density at radius 3 is 2.76 bits per heavy atom. The van der Waals surface area contributed by atoms with Crippen LogP contribution in [-0.4, -0.2) is 9.38 Å². The summed E-state index contributed by atoms with van der Waals surface area (Å²) >= 11 is 7.04.